The van der Waals surface area contributed by atoms with Crippen LogP contribution in [0.25, 0.3) is 5.65 Å². The predicted molar refractivity (Wildman–Crippen MR) is 228 cm³/mol. The van der Waals surface area contributed by atoms with Crippen LogP contribution in [0, 0.1) is 5.92 Å². The lowest BCUT2D eigenvalue weighted by Crippen LogP contribution is -2.57. The van der Waals surface area contributed by atoms with Crippen molar-refractivity contribution in [2.45, 2.75) is 101 Å². The smallest absolute Gasteiger partial charge is 0.284 e. The minimum Gasteiger partial charge on any atom is -0.374 e. The second-order valence-corrected chi connectivity index (χ2v) is 18.3. The predicted octanol–water partition coefficient (Wildman–Crippen LogP) is 3.68. The van der Waals surface area contributed by atoms with Gasteiger partial charge in [0.05, 0.1) is 60.3 Å². The van der Waals surface area contributed by atoms with Gasteiger partial charge in [0.15, 0.2) is 11.3 Å². The lowest BCUT2D eigenvalue weighted by atomic mass is 9.85. The zero-order valence-corrected chi connectivity index (χ0v) is 35.2. The Hall–Kier alpha value is -5.44. The first-order valence-corrected chi connectivity index (χ1v) is 22.4. The fraction of sp³-hybridized carbons (Fsp3) is 0.581. The molecule has 1 aromatic carbocycles. The van der Waals surface area contributed by atoms with Crippen LogP contribution < -0.4 is 36.0 Å². The third kappa shape index (κ3) is 7.63. The Morgan fingerprint density at radius 2 is 1.81 bits per heavy atom. The Bertz CT molecular complexity index is 2390. The van der Waals surface area contributed by atoms with E-state index in [1.807, 2.05) is 35.3 Å². The van der Waals surface area contributed by atoms with E-state index < -0.39 is 24.1 Å². The van der Waals surface area contributed by atoms with Crippen LogP contribution in [0.5, 0.6) is 0 Å². The van der Waals surface area contributed by atoms with Gasteiger partial charge in [-0.1, -0.05) is 6.07 Å². The van der Waals surface area contributed by atoms with Crippen LogP contribution in [0.2, 0.25) is 0 Å². The van der Waals surface area contributed by atoms with Gasteiger partial charge in [-0.15, -0.1) is 5.53 Å². The molecule has 3 atom stereocenters. The zero-order valence-electron chi connectivity index (χ0n) is 35.2. The van der Waals surface area contributed by atoms with Gasteiger partial charge in [-0.3, -0.25) is 34.4 Å². The average molecular weight is 870 g/mol. The van der Waals surface area contributed by atoms with E-state index in [1.54, 1.807) is 17.1 Å². The van der Waals surface area contributed by atoms with Gasteiger partial charge in [-0.05, 0) is 75.5 Å². The Labute approximate surface area is 362 Å². The van der Waals surface area contributed by atoms with Crippen LogP contribution >= 0.6 is 0 Å². The highest BCUT2D eigenvalue weighted by molar-refractivity contribution is 6.08. The van der Waals surface area contributed by atoms with Gasteiger partial charge in [0.25, 0.3) is 18.2 Å². The maximum Gasteiger partial charge on any atom is 0.284 e. The summed E-state index contributed by atoms with van der Waals surface area (Å²) in [5, 5.41) is 17.6. The minimum atomic E-state index is -2.85. The lowest BCUT2D eigenvalue weighted by Gasteiger charge is -2.44. The summed E-state index contributed by atoms with van der Waals surface area (Å²) in [4.78, 5) is 49.8. The molecule has 7 aliphatic rings. The van der Waals surface area contributed by atoms with Gasteiger partial charge in [0.1, 0.15) is 23.1 Å². The fourth-order valence-electron chi connectivity index (χ4n) is 10.8. The minimum absolute atomic E-state index is 0.00757. The van der Waals surface area contributed by atoms with E-state index in [2.05, 4.69) is 47.1 Å². The molecule has 3 N–H and O–H groups in total. The first-order valence-electron chi connectivity index (χ1n) is 22.4. The van der Waals surface area contributed by atoms with Gasteiger partial charge in [0.2, 0.25) is 5.91 Å². The van der Waals surface area contributed by atoms with E-state index >= 15 is 0 Å². The quantitative estimate of drug-likeness (QED) is 0.187. The molecule has 5 saturated heterocycles. The van der Waals surface area contributed by atoms with Crippen molar-refractivity contribution in [3.63, 3.8) is 0 Å². The molecule has 334 valence electrons. The number of ether oxygens (including phenoxy) is 2. The number of nitrogens with zero attached hydrogens (tertiary/aromatic N) is 10. The van der Waals surface area contributed by atoms with Crippen LogP contribution in [0.3, 0.4) is 0 Å². The first kappa shape index (κ1) is 40.3. The number of nitrogens with one attached hydrogen (secondary N) is 3. The van der Waals surface area contributed by atoms with Gasteiger partial charge in [-0.25, -0.2) is 18.3 Å². The molecule has 4 aromatic rings. The molecule has 63 heavy (non-hydrogen) atoms. The van der Waals surface area contributed by atoms with E-state index in [1.165, 1.54) is 10.7 Å². The molecule has 18 nitrogen and oxygen atoms in total. The second kappa shape index (κ2) is 16.3. The molecule has 0 spiro atoms. The number of imide groups is 1. The molecular formula is C43H53F2N13O5. The third-order valence-electron chi connectivity index (χ3n) is 14.2. The monoisotopic (exact) mass is 869 g/mol. The number of halogens is 2. The molecule has 2 bridgehead atoms. The normalized spacial score (nSPS) is 26.9. The number of hydrogen-bond donors (Lipinski definition) is 3. The van der Waals surface area contributed by atoms with Gasteiger partial charge in [0, 0.05) is 65.1 Å². The Balaban J connectivity index is 0.642. The molecule has 1 unspecified atom stereocenters. The number of benzene rings is 1. The van der Waals surface area contributed by atoms with E-state index in [-0.39, 0.29) is 53.5 Å². The lowest BCUT2D eigenvalue weighted by molar-refractivity contribution is -0.134. The van der Waals surface area contributed by atoms with Crippen molar-refractivity contribution in [1.82, 2.24) is 40.1 Å². The highest BCUT2D eigenvalue weighted by Gasteiger charge is 2.42. The number of aromatic nitrogens is 5. The Kier molecular flexibility index (Phi) is 10.4. The maximum absolute atomic E-state index is 14.3. The molecule has 1 saturated carbocycles. The highest BCUT2D eigenvalue weighted by Crippen LogP contribution is 2.44. The number of carbonyl (C=O) groups is 3. The van der Waals surface area contributed by atoms with E-state index in [0.717, 1.165) is 107 Å². The number of hydrogen-bond acceptors (Lipinski definition) is 14. The summed E-state index contributed by atoms with van der Waals surface area (Å²) in [6, 6.07) is 7.75. The summed E-state index contributed by atoms with van der Waals surface area (Å²) in [7, 11) is 1.94. The van der Waals surface area contributed by atoms with Crippen molar-refractivity contribution in [2.24, 2.45) is 5.92 Å². The molecule has 3 aromatic heterocycles. The molecule has 20 heteroatoms. The van der Waals surface area contributed by atoms with Gasteiger partial charge in [-0.2, -0.15) is 10.2 Å². The topological polar surface area (TPSA) is 170 Å². The summed E-state index contributed by atoms with van der Waals surface area (Å²) >= 11 is 0. The largest absolute Gasteiger partial charge is 0.374 e. The number of anilines is 5. The third-order valence-corrected chi connectivity index (χ3v) is 14.2. The number of piperidine rings is 2. The molecule has 0 radical (unpaired) electrons. The average Bonchev–Trinajstić information content (AvgIpc) is 4.12. The number of fused-ring (bicyclic) bond motifs is 4. The standard InChI is InChI=1S/C43H53F2N13O5/c1-52-39-33(3-2-4-34(39)58(51-52)35-9-10-37(59)49-43(35)61)54-20-30(21-54)63-28-11-14-53(15-12-28)19-25-5-7-26(8-6-25)57-23-32(38(50-57)40(44)45)47-42(60)31-18-46-56-16-13-36(48-41(31)56)55-22-29-17-27(55)24-62-29/h2-4,13,16,18,23,25-30,35,40,51H,5-12,14-15,17,19-22,24H2,1H3,(H,47,60)(H,49,59,61)/t25?,26?,27-,29-,35?/m1/s1. The summed E-state index contributed by atoms with van der Waals surface area (Å²) in [6.07, 6.45) is 9.76. The van der Waals surface area contributed by atoms with Crippen molar-refractivity contribution in [1.29, 1.82) is 0 Å². The van der Waals surface area contributed by atoms with Crippen LogP contribution in [0.4, 0.5) is 37.3 Å². The molecule has 6 fully saturated rings. The zero-order chi connectivity index (χ0) is 42.9. The number of amides is 3. The van der Waals surface area contributed by atoms with Crippen molar-refractivity contribution in [3.05, 3.63) is 54.1 Å². The first-order chi connectivity index (χ1) is 30.6. The van der Waals surface area contributed by atoms with E-state index in [4.69, 9.17) is 14.5 Å². The van der Waals surface area contributed by atoms with Crippen molar-refractivity contribution in [3.8, 4) is 0 Å². The summed E-state index contributed by atoms with van der Waals surface area (Å²) in [5.74, 6) is 0.184. The molecule has 1 aliphatic carbocycles. The van der Waals surface area contributed by atoms with Crippen molar-refractivity contribution >= 4 is 51.9 Å². The molecule has 9 heterocycles. The molecular weight excluding hydrogens is 817 g/mol. The van der Waals surface area contributed by atoms with E-state index in [0.29, 0.717) is 31.0 Å². The molecule has 6 aliphatic heterocycles. The number of carbonyl (C=O) groups excluding carboxylic acids is 3. The van der Waals surface area contributed by atoms with Crippen LogP contribution in [0.1, 0.15) is 86.3 Å². The van der Waals surface area contributed by atoms with Crippen molar-refractivity contribution in [2.75, 3.05) is 78.1 Å². The number of rotatable bonds is 11. The van der Waals surface area contributed by atoms with Crippen LogP contribution in [-0.4, -0.2) is 130 Å². The highest BCUT2D eigenvalue weighted by atomic mass is 19.3. The number of para-hydroxylation sites is 1. The number of hydrazine groups is 2. The second-order valence-electron chi connectivity index (χ2n) is 18.3. The fourth-order valence-corrected chi connectivity index (χ4v) is 10.8. The number of morpholine rings is 1. The van der Waals surface area contributed by atoms with Crippen molar-refractivity contribution < 1.29 is 32.6 Å². The van der Waals surface area contributed by atoms with E-state index in [9.17, 15) is 23.2 Å². The Morgan fingerprint density at radius 3 is 2.56 bits per heavy atom. The Morgan fingerprint density at radius 1 is 1.00 bits per heavy atom. The number of alkyl halides is 2. The van der Waals surface area contributed by atoms with Crippen LogP contribution in [-0.2, 0) is 19.1 Å². The SMILES string of the molecule is CN1NN(C2CCC(=O)NC2=O)c2cccc(N3CC(OC4CCN(CC5CCC(n6cc(NC(=O)c7cnn8ccc(N9C[C@H]%10C[C@@H]9CO%10)nc78)c(C(F)F)n6)CC5)CC4)C3)c21. The maximum atomic E-state index is 14.3. The van der Waals surface area contributed by atoms with Crippen LogP contribution in [0.15, 0.2) is 42.9 Å². The van der Waals surface area contributed by atoms with Gasteiger partial charge < -0.3 is 29.5 Å². The summed E-state index contributed by atoms with van der Waals surface area (Å²) in [5.41, 5.74) is 6.46. The summed E-state index contributed by atoms with van der Waals surface area (Å²) < 4.78 is 44.1. The molecule has 11 rings (SSSR count). The molecule has 3 amide bonds. The number of likely N-dealkylation sites (tertiary alicyclic amines) is 1. The summed E-state index contributed by atoms with van der Waals surface area (Å²) in [6.45, 7) is 5.97. The van der Waals surface area contributed by atoms with Gasteiger partial charge >= 0.3 is 0 Å².